The molecule has 1 aromatic heterocycles. The van der Waals surface area contributed by atoms with Crippen molar-refractivity contribution < 1.29 is 0 Å². The zero-order valence-corrected chi connectivity index (χ0v) is 12.5. The zero-order valence-electron chi connectivity index (χ0n) is 12.5. The molecule has 1 heterocycles. The first-order valence-corrected chi connectivity index (χ1v) is 6.89. The lowest BCUT2D eigenvalue weighted by Crippen LogP contribution is -2.20. The SMILES string of the molecule is CC(=NCC(C)C)c1c(C)[nH]n(-c2ccccc2)c1=O. The Labute approximate surface area is 119 Å². The van der Waals surface area contributed by atoms with Crippen molar-refractivity contribution in [1.82, 2.24) is 9.78 Å². The van der Waals surface area contributed by atoms with E-state index in [4.69, 9.17) is 0 Å². The molecule has 0 spiro atoms. The second-order valence-corrected chi connectivity index (χ2v) is 5.41. The fourth-order valence-corrected chi connectivity index (χ4v) is 2.13. The lowest BCUT2D eigenvalue weighted by atomic mass is 10.1. The van der Waals surface area contributed by atoms with Gasteiger partial charge in [-0.05, 0) is 31.9 Å². The third-order valence-corrected chi connectivity index (χ3v) is 3.14. The highest BCUT2D eigenvalue weighted by Gasteiger charge is 2.14. The first-order valence-electron chi connectivity index (χ1n) is 6.89. The minimum Gasteiger partial charge on any atom is -0.295 e. The van der Waals surface area contributed by atoms with Gasteiger partial charge in [0.2, 0.25) is 0 Å². The molecule has 0 aliphatic rings. The first-order chi connectivity index (χ1) is 9.50. The molecule has 106 valence electrons. The number of hydrogen-bond acceptors (Lipinski definition) is 2. The Morgan fingerprint density at radius 1 is 1.30 bits per heavy atom. The smallest absolute Gasteiger partial charge is 0.280 e. The van der Waals surface area contributed by atoms with Crippen molar-refractivity contribution in [1.29, 1.82) is 0 Å². The molecule has 0 aliphatic heterocycles. The first kappa shape index (κ1) is 14.3. The number of aromatic nitrogens is 2. The second kappa shape index (κ2) is 5.90. The largest absolute Gasteiger partial charge is 0.295 e. The summed E-state index contributed by atoms with van der Waals surface area (Å²) < 4.78 is 1.57. The van der Waals surface area contributed by atoms with E-state index in [1.54, 1.807) is 4.68 Å². The molecule has 0 radical (unpaired) electrons. The molecule has 4 heteroatoms. The minimum atomic E-state index is -0.0429. The molecule has 1 N–H and O–H groups in total. The van der Waals surface area contributed by atoms with E-state index in [1.165, 1.54) is 0 Å². The van der Waals surface area contributed by atoms with Gasteiger partial charge in [-0.2, -0.15) is 0 Å². The lowest BCUT2D eigenvalue weighted by Gasteiger charge is -2.01. The van der Waals surface area contributed by atoms with Gasteiger partial charge in [-0.3, -0.25) is 14.9 Å². The van der Waals surface area contributed by atoms with E-state index in [0.717, 1.165) is 23.6 Å². The summed E-state index contributed by atoms with van der Waals surface area (Å²) in [5, 5.41) is 3.12. The zero-order chi connectivity index (χ0) is 14.7. The Kier molecular flexibility index (Phi) is 4.23. The van der Waals surface area contributed by atoms with E-state index in [2.05, 4.69) is 23.9 Å². The van der Waals surface area contributed by atoms with Crippen molar-refractivity contribution in [2.24, 2.45) is 10.9 Å². The molecule has 0 bridgehead atoms. The van der Waals surface area contributed by atoms with Crippen LogP contribution in [-0.4, -0.2) is 22.0 Å². The molecule has 0 fully saturated rings. The van der Waals surface area contributed by atoms with Crippen LogP contribution in [0.4, 0.5) is 0 Å². The summed E-state index contributed by atoms with van der Waals surface area (Å²) in [5.74, 6) is 0.487. The van der Waals surface area contributed by atoms with Gasteiger partial charge >= 0.3 is 0 Å². The van der Waals surface area contributed by atoms with Crippen LogP contribution in [0.5, 0.6) is 0 Å². The van der Waals surface area contributed by atoms with Crippen molar-refractivity contribution >= 4 is 5.71 Å². The van der Waals surface area contributed by atoms with Crippen LogP contribution in [0.15, 0.2) is 40.1 Å². The summed E-state index contributed by atoms with van der Waals surface area (Å²) in [6.07, 6.45) is 0. The van der Waals surface area contributed by atoms with Gasteiger partial charge in [0.15, 0.2) is 0 Å². The summed E-state index contributed by atoms with van der Waals surface area (Å²) in [6, 6.07) is 9.57. The average molecular weight is 271 g/mol. The lowest BCUT2D eigenvalue weighted by molar-refractivity contribution is 0.665. The van der Waals surface area contributed by atoms with Crippen LogP contribution in [0.1, 0.15) is 32.0 Å². The van der Waals surface area contributed by atoms with Crippen LogP contribution in [0.3, 0.4) is 0 Å². The highest BCUT2D eigenvalue weighted by Crippen LogP contribution is 2.08. The fourth-order valence-electron chi connectivity index (χ4n) is 2.13. The third kappa shape index (κ3) is 2.90. The van der Waals surface area contributed by atoms with Gasteiger partial charge < -0.3 is 0 Å². The molecule has 2 rings (SSSR count). The summed E-state index contributed by atoms with van der Waals surface area (Å²) in [7, 11) is 0. The standard InChI is InChI=1S/C16H21N3O/c1-11(2)10-17-12(3)15-13(4)18-19(16(15)20)14-8-6-5-7-9-14/h5-9,11,18H,10H2,1-4H3. The molecule has 0 saturated carbocycles. The van der Waals surface area contributed by atoms with Crippen molar-refractivity contribution in [3.8, 4) is 5.69 Å². The summed E-state index contributed by atoms with van der Waals surface area (Å²) in [6.45, 7) is 8.77. The topological polar surface area (TPSA) is 50.1 Å². The van der Waals surface area contributed by atoms with Crippen molar-refractivity contribution in [3.63, 3.8) is 0 Å². The van der Waals surface area contributed by atoms with E-state index >= 15 is 0 Å². The number of rotatable bonds is 4. The Morgan fingerprint density at radius 3 is 2.55 bits per heavy atom. The van der Waals surface area contributed by atoms with Crippen LogP contribution < -0.4 is 5.56 Å². The molecule has 1 aromatic carbocycles. The number of aryl methyl sites for hydroxylation is 1. The van der Waals surface area contributed by atoms with Crippen LogP contribution in [0, 0.1) is 12.8 Å². The molecule has 0 aliphatic carbocycles. The Hall–Kier alpha value is -2.10. The Balaban J connectivity index is 2.45. The Morgan fingerprint density at radius 2 is 1.95 bits per heavy atom. The van der Waals surface area contributed by atoms with Crippen LogP contribution in [-0.2, 0) is 0 Å². The highest BCUT2D eigenvalue weighted by molar-refractivity contribution is 5.99. The number of aliphatic imine (C=N–C) groups is 1. The van der Waals surface area contributed by atoms with Gasteiger partial charge in [-0.25, -0.2) is 4.68 Å². The molecule has 0 saturated heterocycles. The number of aromatic amines is 1. The van der Waals surface area contributed by atoms with E-state index < -0.39 is 0 Å². The minimum absolute atomic E-state index is 0.0429. The van der Waals surface area contributed by atoms with E-state index in [0.29, 0.717) is 11.5 Å². The van der Waals surface area contributed by atoms with E-state index in [1.807, 2.05) is 44.2 Å². The predicted octanol–water partition coefficient (Wildman–Crippen LogP) is 2.94. The summed E-state index contributed by atoms with van der Waals surface area (Å²) >= 11 is 0. The molecule has 0 unspecified atom stereocenters. The maximum atomic E-state index is 12.5. The van der Waals surface area contributed by atoms with Gasteiger partial charge in [0.05, 0.1) is 11.3 Å². The van der Waals surface area contributed by atoms with Gasteiger partial charge in [0.25, 0.3) is 5.56 Å². The molecular formula is C16H21N3O. The predicted molar refractivity (Wildman–Crippen MR) is 83.0 cm³/mol. The van der Waals surface area contributed by atoms with Crippen LogP contribution >= 0.6 is 0 Å². The maximum Gasteiger partial charge on any atom is 0.280 e. The molecular weight excluding hydrogens is 250 g/mol. The number of nitrogens with zero attached hydrogens (tertiary/aromatic N) is 2. The van der Waals surface area contributed by atoms with E-state index in [9.17, 15) is 4.79 Å². The number of nitrogens with one attached hydrogen (secondary N) is 1. The molecule has 2 aromatic rings. The number of benzene rings is 1. The monoisotopic (exact) mass is 271 g/mol. The molecule has 4 nitrogen and oxygen atoms in total. The van der Waals surface area contributed by atoms with Crippen molar-refractivity contribution in [2.75, 3.05) is 6.54 Å². The number of para-hydroxylation sites is 1. The Bertz CT molecular complexity index is 663. The third-order valence-electron chi connectivity index (χ3n) is 3.14. The van der Waals surface area contributed by atoms with Gasteiger partial charge in [-0.15, -0.1) is 0 Å². The fraction of sp³-hybridized carbons (Fsp3) is 0.375. The van der Waals surface area contributed by atoms with Gasteiger partial charge in [0.1, 0.15) is 0 Å². The van der Waals surface area contributed by atoms with Gasteiger partial charge in [-0.1, -0.05) is 32.0 Å². The molecule has 20 heavy (non-hydrogen) atoms. The van der Waals surface area contributed by atoms with Crippen molar-refractivity contribution in [2.45, 2.75) is 27.7 Å². The number of hydrogen-bond donors (Lipinski definition) is 1. The second-order valence-electron chi connectivity index (χ2n) is 5.41. The summed E-state index contributed by atoms with van der Waals surface area (Å²) in [5.41, 5.74) is 3.12. The molecule has 0 amide bonds. The molecule has 0 atom stereocenters. The van der Waals surface area contributed by atoms with Crippen LogP contribution in [0.25, 0.3) is 5.69 Å². The average Bonchev–Trinajstić information content (AvgIpc) is 2.72. The summed E-state index contributed by atoms with van der Waals surface area (Å²) in [4.78, 5) is 17.0. The maximum absolute atomic E-state index is 12.5. The quantitative estimate of drug-likeness (QED) is 0.854. The van der Waals surface area contributed by atoms with Crippen molar-refractivity contribution in [3.05, 3.63) is 51.9 Å². The highest BCUT2D eigenvalue weighted by atomic mass is 16.1. The normalized spacial score (nSPS) is 12.2. The van der Waals surface area contributed by atoms with Gasteiger partial charge in [0, 0.05) is 18.0 Å². The van der Waals surface area contributed by atoms with Crippen LogP contribution in [0.2, 0.25) is 0 Å². The number of H-pyrrole nitrogens is 1. The van der Waals surface area contributed by atoms with E-state index in [-0.39, 0.29) is 5.56 Å².